The van der Waals surface area contributed by atoms with Gasteiger partial charge in [-0.1, -0.05) is 23.4 Å². The third-order valence-corrected chi connectivity index (χ3v) is 5.17. The molecule has 3 aromatic heterocycles. The Morgan fingerprint density at radius 1 is 1.12 bits per heavy atom. The molecule has 2 N–H and O–H groups in total. The van der Waals surface area contributed by atoms with Gasteiger partial charge in [-0.3, -0.25) is 4.68 Å². The van der Waals surface area contributed by atoms with E-state index < -0.39 is 11.4 Å². The second-order valence-electron chi connectivity index (χ2n) is 7.49. The topological polar surface area (TPSA) is 111 Å². The summed E-state index contributed by atoms with van der Waals surface area (Å²) in [6.45, 7) is 0.358. The molecular weight excluding hydrogens is 422 g/mol. The molecule has 1 aliphatic rings. The highest BCUT2D eigenvalue weighted by Crippen LogP contribution is 2.28. The van der Waals surface area contributed by atoms with Crippen molar-refractivity contribution in [1.29, 1.82) is 0 Å². The van der Waals surface area contributed by atoms with Crippen LogP contribution in [0.4, 0.5) is 14.6 Å². The second-order valence-corrected chi connectivity index (χ2v) is 7.49. The highest BCUT2D eigenvalue weighted by Gasteiger charge is 2.39. The van der Waals surface area contributed by atoms with Crippen LogP contribution in [0, 0.1) is 11.6 Å². The molecule has 0 unspecified atom stereocenters. The Balaban J connectivity index is 1.53. The molecule has 4 heterocycles. The third kappa shape index (κ3) is 3.72. The van der Waals surface area contributed by atoms with E-state index in [1.54, 1.807) is 35.0 Å². The van der Waals surface area contributed by atoms with Crippen LogP contribution in [0.15, 0.2) is 53.4 Å². The number of hydrogen-bond donors (Lipinski definition) is 2. The Bertz CT molecular complexity index is 1230. The number of aliphatic hydroxyl groups excluding tert-OH is 1. The van der Waals surface area contributed by atoms with Crippen molar-refractivity contribution in [2.24, 2.45) is 0 Å². The second kappa shape index (κ2) is 8.09. The van der Waals surface area contributed by atoms with E-state index in [0.29, 0.717) is 22.6 Å². The highest BCUT2D eigenvalue weighted by atomic mass is 19.1. The fourth-order valence-electron chi connectivity index (χ4n) is 3.37. The van der Waals surface area contributed by atoms with Gasteiger partial charge in [0.05, 0.1) is 38.3 Å². The molecule has 0 atom stereocenters. The minimum absolute atomic E-state index is 0.0704. The Labute approximate surface area is 180 Å². The zero-order chi connectivity index (χ0) is 22.1. The molecule has 32 heavy (non-hydrogen) atoms. The average molecular weight is 440 g/mol. The molecule has 0 bridgehead atoms. The Morgan fingerprint density at radius 2 is 1.97 bits per heavy atom. The number of ether oxygens (including phenoxy) is 1. The van der Waals surface area contributed by atoms with E-state index in [0.717, 1.165) is 6.20 Å². The molecule has 1 fully saturated rings. The molecule has 0 saturated carbocycles. The predicted octanol–water partition coefficient (Wildman–Crippen LogP) is 2.49. The van der Waals surface area contributed by atoms with Gasteiger partial charge in [0.1, 0.15) is 29.0 Å². The van der Waals surface area contributed by atoms with E-state index in [1.165, 1.54) is 12.3 Å². The number of rotatable bonds is 7. The van der Waals surface area contributed by atoms with Crippen LogP contribution in [0.2, 0.25) is 0 Å². The minimum atomic E-state index is -0.789. The summed E-state index contributed by atoms with van der Waals surface area (Å²) in [5.74, 6) is -0.952. The molecule has 4 aromatic rings. The molecule has 0 amide bonds. The van der Waals surface area contributed by atoms with Gasteiger partial charge in [-0.2, -0.15) is 5.10 Å². The van der Waals surface area contributed by atoms with Gasteiger partial charge in [0, 0.05) is 11.6 Å². The number of aromatic nitrogens is 5. The van der Waals surface area contributed by atoms with Crippen LogP contribution in [-0.2, 0) is 11.3 Å². The van der Waals surface area contributed by atoms with Gasteiger partial charge >= 0.3 is 0 Å². The Hall–Kier alpha value is -3.70. The number of benzene rings is 1. The lowest BCUT2D eigenvalue weighted by Crippen LogP contribution is -2.58. The van der Waals surface area contributed by atoms with E-state index in [9.17, 15) is 13.9 Å². The Kier molecular flexibility index (Phi) is 5.11. The van der Waals surface area contributed by atoms with Crippen LogP contribution in [-0.4, -0.2) is 55.4 Å². The zero-order valence-corrected chi connectivity index (χ0v) is 16.7. The lowest BCUT2D eigenvalue weighted by molar-refractivity contribution is -0.0653. The minimum Gasteiger partial charge on any atom is -0.394 e. The predicted molar refractivity (Wildman–Crippen MR) is 108 cm³/mol. The number of hydrogen-bond acceptors (Lipinski definition) is 8. The number of nitrogens with zero attached hydrogens (tertiary/aromatic N) is 5. The summed E-state index contributed by atoms with van der Waals surface area (Å²) in [5.41, 5.74) is 1.03. The molecule has 11 heteroatoms. The van der Waals surface area contributed by atoms with Gasteiger partial charge in [0.25, 0.3) is 0 Å². The van der Waals surface area contributed by atoms with Gasteiger partial charge in [-0.15, -0.1) is 0 Å². The normalized spacial score (nSPS) is 14.8. The molecule has 0 spiro atoms. The van der Waals surface area contributed by atoms with Crippen molar-refractivity contribution in [2.75, 3.05) is 25.1 Å². The zero-order valence-electron chi connectivity index (χ0n) is 16.7. The largest absolute Gasteiger partial charge is 0.394 e. The van der Waals surface area contributed by atoms with E-state index in [2.05, 4.69) is 25.5 Å². The number of halogens is 2. The first-order valence-corrected chi connectivity index (χ1v) is 9.79. The van der Waals surface area contributed by atoms with Gasteiger partial charge in [-0.05, 0) is 12.1 Å². The molecule has 1 aromatic carbocycles. The van der Waals surface area contributed by atoms with Crippen LogP contribution in [0.25, 0.3) is 22.9 Å². The maximum absolute atomic E-state index is 14.4. The van der Waals surface area contributed by atoms with Gasteiger partial charge in [0.2, 0.25) is 0 Å². The van der Waals surface area contributed by atoms with Crippen LogP contribution in [0.5, 0.6) is 0 Å². The van der Waals surface area contributed by atoms with Gasteiger partial charge < -0.3 is 19.7 Å². The van der Waals surface area contributed by atoms with E-state index >= 15 is 0 Å². The molecule has 1 saturated heterocycles. The van der Waals surface area contributed by atoms with Crippen LogP contribution in [0.1, 0.15) is 5.56 Å². The molecule has 5 rings (SSSR count). The molecule has 0 aliphatic carbocycles. The Morgan fingerprint density at radius 3 is 2.66 bits per heavy atom. The van der Waals surface area contributed by atoms with Crippen molar-refractivity contribution in [1.82, 2.24) is 24.9 Å². The summed E-state index contributed by atoms with van der Waals surface area (Å²) in [6.07, 6.45) is 2.45. The lowest BCUT2D eigenvalue weighted by Gasteiger charge is -2.40. The van der Waals surface area contributed by atoms with Crippen molar-refractivity contribution in [3.63, 3.8) is 0 Å². The van der Waals surface area contributed by atoms with Crippen molar-refractivity contribution in [2.45, 2.75) is 12.1 Å². The quantitative estimate of drug-likeness (QED) is 0.451. The smallest absolute Gasteiger partial charge is 0.183 e. The maximum atomic E-state index is 14.4. The molecule has 164 valence electrons. The molecular formula is C21H18F2N6O3. The fraction of sp³-hybridized carbons (Fsp3) is 0.238. The summed E-state index contributed by atoms with van der Waals surface area (Å²) < 4.78 is 40.2. The molecule has 0 radical (unpaired) electrons. The summed E-state index contributed by atoms with van der Waals surface area (Å²) in [6, 6.07) is 9.70. The monoisotopic (exact) mass is 440 g/mol. The van der Waals surface area contributed by atoms with Crippen molar-refractivity contribution in [3.8, 4) is 22.9 Å². The van der Waals surface area contributed by atoms with Crippen molar-refractivity contribution >= 4 is 5.82 Å². The average Bonchev–Trinajstić information content (AvgIpc) is 3.44. The summed E-state index contributed by atoms with van der Waals surface area (Å²) in [4.78, 5) is 8.32. The van der Waals surface area contributed by atoms with Crippen molar-refractivity contribution < 1.29 is 23.1 Å². The molecule has 9 nitrogen and oxygen atoms in total. The number of nitrogens with one attached hydrogen (secondary N) is 1. The number of aliphatic hydroxyl groups is 1. The summed E-state index contributed by atoms with van der Waals surface area (Å²) in [7, 11) is 0. The standard InChI is InChI=1S/C21H18F2N6O3/c22-14-4-2-1-3-13(14)9-29-18(16-5-6-32-28-16)7-17(27-29)20-24-8-15(23)19(25-20)26-21(10-30)11-31-12-21/h1-8,30H,9-12H2,(H,24,25,26). The van der Waals surface area contributed by atoms with E-state index in [-0.39, 0.29) is 43.8 Å². The third-order valence-electron chi connectivity index (χ3n) is 5.17. The van der Waals surface area contributed by atoms with Crippen molar-refractivity contribution in [3.05, 3.63) is 66.1 Å². The first-order valence-electron chi connectivity index (χ1n) is 9.79. The SMILES string of the molecule is OCC1(Nc2nc(-c3cc(-c4ccon4)n(Cc4ccccc4F)n3)ncc2F)COC1. The van der Waals surface area contributed by atoms with Crippen LogP contribution < -0.4 is 5.32 Å². The van der Waals surface area contributed by atoms with Gasteiger partial charge in [0.15, 0.2) is 17.5 Å². The van der Waals surface area contributed by atoms with Crippen LogP contribution in [0.3, 0.4) is 0 Å². The molecule has 1 aliphatic heterocycles. The van der Waals surface area contributed by atoms with E-state index in [1.807, 2.05) is 0 Å². The number of anilines is 1. The summed E-state index contributed by atoms with van der Waals surface area (Å²) >= 11 is 0. The van der Waals surface area contributed by atoms with Crippen LogP contribution >= 0.6 is 0 Å². The first kappa shape index (κ1) is 20.2. The maximum Gasteiger partial charge on any atom is 0.183 e. The highest BCUT2D eigenvalue weighted by molar-refractivity contribution is 5.63. The fourth-order valence-corrected chi connectivity index (χ4v) is 3.37. The summed E-state index contributed by atoms with van der Waals surface area (Å²) in [5, 5.41) is 21.0. The van der Waals surface area contributed by atoms with Gasteiger partial charge in [-0.25, -0.2) is 18.7 Å². The van der Waals surface area contributed by atoms with E-state index in [4.69, 9.17) is 9.26 Å². The lowest BCUT2D eigenvalue weighted by atomic mass is 9.99. The first-order chi connectivity index (χ1) is 15.6.